The van der Waals surface area contributed by atoms with E-state index >= 15 is 0 Å². The second kappa shape index (κ2) is 12.4. The van der Waals surface area contributed by atoms with Gasteiger partial charge in [-0.1, -0.05) is 19.9 Å². The molecule has 2 heterocycles. The molecule has 0 spiro atoms. The van der Waals surface area contributed by atoms with E-state index in [0.29, 0.717) is 17.9 Å². The first-order chi connectivity index (χ1) is 18.2. The Hall–Kier alpha value is -3.77. The van der Waals surface area contributed by atoms with Crippen molar-refractivity contribution in [3.05, 3.63) is 59.9 Å². The molecule has 1 amide bonds. The predicted molar refractivity (Wildman–Crippen MR) is 144 cm³/mol. The molecule has 210 valence electrons. The van der Waals surface area contributed by atoms with E-state index in [9.17, 15) is 17.6 Å². The van der Waals surface area contributed by atoms with E-state index in [-0.39, 0.29) is 42.1 Å². The minimum Gasteiger partial charge on any atom is -0.493 e. The summed E-state index contributed by atoms with van der Waals surface area (Å²) in [6, 6.07) is 11.0. The van der Waals surface area contributed by atoms with Crippen LogP contribution in [0.15, 0.2) is 53.6 Å². The monoisotopic (exact) mass is 560 g/mol. The predicted octanol–water partition coefficient (Wildman–Crippen LogP) is 4.21. The minimum absolute atomic E-state index is 0.0173. The molecule has 0 saturated heterocycles. The van der Waals surface area contributed by atoms with Crippen molar-refractivity contribution < 1.29 is 31.8 Å². The first kappa shape index (κ1) is 29.8. The summed E-state index contributed by atoms with van der Waals surface area (Å²) in [6.45, 7) is 10.2. The number of benzene rings is 1. The van der Waals surface area contributed by atoms with Gasteiger partial charge in [0.2, 0.25) is 5.88 Å². The van der Waals surface area contributed by atoms with Crippen LogP contribution in [0.3, 0.4) is 0 Å². The molecule has 12 heteroatoms. The van der Waals surface area contributed by atoms with Crippen molar-refractivity contribution in [1.29, 1.82) is 0 Å². The largest absolute Gasteiger partial charge is 0.493 e. The third kappa shape index (κ3) is 8.89. The zero-order valence-electron chi connectivity index (χ0n) is 22.5. The highest BCUT2D eigenvalue weighted by molar-refractivity contribution is 7.90. The van der Waals surface area contributed by atoms with Crippen molar-refractivity contribution in [2.75, 3.05) is 25.6 Å². The number of hydrogen-bond acceptors (Lipinski definition) is 9. The van der Waals surface area contributed by atoms with Crippen LogP contribution in [0, 0.1) is 11.7 Å². The lowest BCUT2D eigenvalue weighted by atomic mass is 10.1. The standard InChI is InChI=1S/C27H33FN4O6S/c1-17(2)16-37-20-14-18(13-19(28)15-20)22-10-9-21(26(30-22)36-11-12-38-27(3,4)5)25(33)32-39(34,35)24-8-6-7-23(29)31-24/h6-10,13-15,17H,11-12,16H2,1-5H3,(H2,29,31)(H,32,33). The fourth-order valence-corrected chi connectivity index (χ4v) is 4.18. The summed E-state index contributed by atoms with van der Waals surface area (Å²) < 4.78 is 58.9. The smallest absolute Gasteiger partial charge is 0.281 e. The Morgan fingerprint density at radius 2 is 1.79 bits per heavy atom. The summed E-state index contributed by atoms with van der Waals surface area (Å²) in [5.41, 5.74) is 5.67. The molecule has 0 aliphatic carbocycles. The molecule has 2 aromatic heterocycles. The third-order valence-electron chi connectivity index (χ3n) is 4.96. The molecular formula is C27H33FN4O6S. The zero-order valence-corrected chi connectivity index (χ0v) is 23.3. The van der Waals surface area contributed by atoms with Crippen LogP contribution in [0.4, 0.5) is 10.2 Å². The number of amides is 1. The molecule has 0 aliphatic rings. The van der Waals surface area contributed by atoms with E-state index in [1.165, 1.54) is 42.5 Å². The summed E-state index contributed by atoms with van der Waals surface area (Å²) in [7, 11) is -4.34. The number of pyridine rings is 2. The second-order valence-electron chi connectivity index (χ2n) is 10.1. The molecule has 0 unspecified atom stereocenters. The summed E-state index contributed by atoms with van der Waals surface area (Å²) >= 11 is 0. The van der Waals surface area contributed by atoms with E-state index in [1.807, 2.05) is 39.3 Å². The Bertz CT molecular complexity index is 1420. The van der Waals surface area contributed by atoms with Gasteiger partial charge in [-0.15, -0.1) is 0 Å². The van der Waals surface area contributed by atoms with Crippen molar-refractivity contribution in [1.82, 2.24) is 14.7 Å². The Kier molecular flexibility index (Phi) is 9.46. The van der Waals surface area contributed by atoms with E-state index in [2.05, 4.69) is 9.97 Å². The van der Waals surface area contributed by atoms with Crippen LogP contribution >= 0.6 is 0 Å². The fourth-order valence-electron chi connectivity index (χ4n) is 3.24. The number of carbonyl (C=O) groups is 1. The number of nitrogens with one attached hydrogen (secondary N) is 1. The summed E-state index contributed by atoms with van der Waals surface area (Å²) in [5, 5.41) is -0.421. The van der Waals surface area contributed by atoms with Gasteiger partial charge in [0.05, 0.1) is 24.5 Å². The highest BCUT2D eigenvalue weighted by Gasteiger charge is 2.24. The van der Waals surface area contributed by atoms with Gasteiger partial charge in [0.15, 0.2) is 5.03 Å². The molecule has 0 aliphatic heterocycles. The lowest BCUT2D eigenvalue weighted by Gasteiger charge is -2.20. The number of nitrogens with two attached hydrogens (primary N) is 1. The van der Waals surface area contributed by atoms with Gasteiger partial charge in [0.1, 0.15) is 29.6 Å². The van der Waals surface area contributed by atoms with Gasteiger partial charge in [-0.05, 0) is 63.1 Å². The van der Waals surface area contributed by atoms with Crippen LogP contribution in [0.1, 0.15) is 45.0 Å². The number of nitrogen functional groups attached to an aromatic ring is 1. The van der Waals surface area contributed by atoms with E-state index in [0.717, 1.165) is 0 Å². The maximum absolute atomic E-state index is 14.4. The van der Waals surface area contributed by atoms with Crippen LogP contribution in [0.2, 0.25) is 0 Å². The Morgan fingerprint density at radius 3 is 2.46 bits per heavy atom. The van der Waals surface area contributed by atoms with Crippen molar-refractivity contribution in [3.63, 3.8) is 0 Å². The topological polar surface area (TPSA) is 143 Å². The van der Waals surface area contributed by atoms with Crippen LogP contribution in [0.25, 0.3) is 11.3 Å². The van der Waals surface area contributed by atoms with Crippen LogP contribution < -0.4 is 19.9 Å². The average Bonchev–Trinajstić information content (AvgIpc) is 2.84. The number of halogens is 1. The van der Waals surface area contributed by atoms with Gasteiger partial charge < -0.3 is 19.9 Å². The van der Waals surface area contributed by atoms with Crippen LogP contribution in [-0.2, 0) is 14.8 Å². The Balaban J connectivity index is 1.94. The van der Waals surface area contributed by atoms with Gasteiger partial charge in [0, 0.05) is 11.6 Å². The number of carbonyl (C=O) groups excluding carboxylic acids is 1. The van der Waals surface area contributed by atoms with Crippen molar-refractivity contribution in [2.45, 2.75) is 45.2 Å². The minimum atomic E-state index is -4.34. The molecule has 3 aromatic rings. The maximum Gasteiger partial charge on any atom is 0.281 e. The molecule has 0 fully saturated rings. The van der Waals surface area contributed by atoms with Gasteiger partial charge in [-0.25, -0.2) is 19.1 Å². The number of hydrogen-bond donors (Lipinski definition) is 2. The summed E-state index contributed by atoms with van der Waals surface area (Å²) in [6.07, 6.45) is 0. The highest BCUT2D eigenvalue weighted by Crippen LogP contribution is 2.28. The van der Waals surface area contributed by atoms with E-state index in [4.69, 9.17) is 19.9 Å². The van der Waals surface area contributed by atoms with E-state index < -0.39 is 32.4 Å². The lowest BCUT2D eigenvalue weighted by Crippen LogP contribution is -2.32. The van der Waals surface area contributed by atoms with Crippen LogP contribution in [-0.4, -0.2) is 49.7 Å². The summed E-state index contributed by atoms with van der Waals surface area (Å²) in [4.78, 5) is 21.2. The Morgan fingerprint density at radius 1 is 1.05 bits per heavy atom. The quantitative estimate of drug-likeness (QED) is 0.330. The lowest BCUT2D eigenvalue weighted by molar-refractivity contribution is -0.0169. The first-order valence-corrected chi connectivity index (χ1v) is 13.7. The average molecular weight is 561 g/mol. The Labute approximate surface area is 227 Å². The van der Waals surface area contributed by atoms with E-state index in [1.54, 1.807) is 6.07 Å². The van der Waals surface area contributed by atoms with Gasteiger partial charge in [0.25, 0.3) is 15.9 Å². The molecule has 10 nitrogen and oxygen atoms in total. The fraction of sp³-hybridized carbons (Fsp3) is 0.370. The molecule has 39 heavy (non-hydrogen) atoms. The molecule has 3 N–H and O–H groups in total. The SMILES string of the molecule is CC(C)COc1cc(F)cc(-c2ccc(C(=O)NS(=O)(=O)c3cccc(N)n3)c(OCCOC(C)(C)C)n2)c1. The zero-order chi connectivity index (χ0) is 28.8. The number of nitrogens with zero attached hydrogens (tertiary/aromatic N) is 2. The number of ether oxygens (including phenoxy) is 3. The van der Waals surface area contributed by atoms with Gasteiger partial charge in [-0.2, -0.15) is 8.42 Å². The van der Waals surface area contributed by atoms with Gasteiger partial charge in [-0.3, -0.25) is 4.79 Å². The second-order valence-corrected chi connectivity index (χ2v) is 11.7. The molecule has 0 bridgehead atoms. The number of sulfonamides is 1. The number of rotatable bonds is 11. The summed E-state index contributed by atoms with van der Waals surface area (Å²) in [5.74, 6) is -1.15. The highest BCUT2D eigenvalue weighted by atomic mass is 32.2. The molecule has 3 rings (SSSR count). The van der Waals surface area contributed by atoms with Crippen molar-refractivity contribution in [3.8, 4) is 22.9 Å². The van der Waals surface area contributed by atoms with Crippen molar-refractivity contribution >= 4 is 21.7 Å². The number of anilines is 1. The first-order valence-electron chi connectivity index (χ1n) is 12.2. The van der Waals surface area contributed by atoms with Crippen LogP contribution in [0.5, 0.6) is 11.6 Å². The molecular weight excluding hydrogens is 527 g/mol. The molecule has 0 atom stereocenters. The molecule has 0 radical (unpaired) electrons. The normalized spacial score (nSPS) is 11.9. The third-order valence-corrected chi connectivity index (χ3v) is 6.19. The molecule has 1 aromatic carbocycles. The number of aromatic nitrogens is 2. The maximum atomic E-state index is 14.4. The van der Waals surface area contributed by atoms with Gasteiger partial charge >= 0.3 is 0 Å². The van der Waals surface area contributed by atoms with Crippen molar-refractivity contribution in [2.24, 2.45) is 5.92 Å². The molecule has 0 saturated carbocycles.